The number of esters is 1. The van der Waals surface area contributed by atoms with Gasteiger partial charge in [0.25, 0.3) is 5.91 Å². The van der Waals surface area contributed by atoms with Gasteiger partial charge in [-0.2, -0.15) is 0 Å². The van der Waals surface area contributed by atoms with Gasteiger partial charge >= 0.3 is 5.97 Å². The van der Waals surface area contributed by atoms with Gasteiger partial charge in [0.1, 0.15) is 0 Å². The largest absolute Gasteiger partial charge is 0.493 e. The Labute approximate surface area is 171 Å². The maximum atomic E-state index is 12.2. The average molecular weight is 417 g/mol. The Hall–Kier alpha value is -3.52. The van der Waals surface area contributed by atoms with E-state index in [-0.39, 0.29) is 24.0 Å². The molecule has 1 aliphatic rings. The fourth-order valence-electron chi connectivity index (χ4n) is 2.59. The molecular weight excluding hydrogens is 400 g/mol. The van der Waals surface area contributed by atoms with E-state index in [1.807, 2.05) is 0 Å². The molecule has 0 saturated heterocycles. The van der Waals surface area contributed by atoms with Crippen LogP contribution >= 0.6 is 11.6 Å². The summed E-state index contributed by atoms with van der Waals surface area (Å²) in [5, 5.41) is 0.416. The predicted molar refractivity (Wildman–Crippen MR) is 106 cm³/mol. The van der Waals surface area contributed by atoms with Gasteiger partial charge in [-0.25, -0.2) is 9.79 Å². The van der Waals surface area contributed by atoms with E-state index >= 15 is 0 Å². The van der Waals surface area contributed by atoms with Crippen LogP contribution in [0.4, 0.5) is 0 Å². The van der Waals surface area contributed by atoms with Crippen LogP contribution in [-0.2, 0) is 14.3 Å². The number of halogens is 1. The quantitative estimate of drug-likeness (QED) is 0.548. The molecule has 29 heavy (non-hydrogen) atoms. The molecule has 0 aromatic heterocycles. The van der Waals surface area contributed by atoms with Gasteiger partial charge in [-0.3, -0.25) is 4.79 Å². The van der Waals surface area contributed by atoms with Crippen LogP contribution in [0.2, 0.25) is 5.02 Å². The number of nitrogens with zero attached hydrogens (tertiary/aromatic N) is 1. The standard InChI is InChI=1S/C20H17ClN2O6/c1-26-15-8-11(9-16(27-2)18(15)28-10-17(22)24)7-14-20(25)29-19(23-14)12-5-3-4-6-13(12)21/h3-9H,10H2,1-2H3,(H2,22,24). The first kappa shape index (κ1) is 20.2. The number of carbonyl (C=O) groups is 2. The zero-order valence-electron chi connectivity index (χ0n) is 15.6. The highest BCUT2D eigenvalue weighted by Gasteiger charge is 2.26. The molecule has 2 aromatic rings. The third-order valence-electron chi connectivity index (χ3n) is 3.87. The Kier molecular flexibility index (Phi) is 6.04. The molecule has 1 amide bonds. The average Bonchev–Trinajstić information content (AvgIpc) is 3.06. The summed E-state index contributed by atoms with van der Waals surface area (Å²) >= 11 is 6.14. The lowest BCUT2D eigenvalue weighted by molar-refractivity contribution is -0.130. The minimum atomic E-state index is -0.643. The number of rotatable bonds is 7. The van der Waals surface area contributed by atoms with E-state index in [0.717, 1.165) is 0 Å². The Morgan fingerprint density at radius 1 is 1.21 bits per heavy atom. The summed E-state index contributed by atoms with van der Waals surface area (Å²) in [4.78, 5) is 27.5. The lowest BCUT2D eigenvalue weighted by Crippen LogP contribution is -2.20. The maximum Gasteiger partial charge on any atom is 0.363 e. The van der Waals surface area contributed by atoms with E-state index in [0.29, 0.717) is 27.6 Å². The number of hydrogen-bond acceptors (Lipinski definition) is 7. The van der Waals surface area contributed by atoms with Gasteiger partial charge in [0.15, 0.2) is 23.8 Å². The van der Waals surface area contributed by atoms with Crippen molar-refractivity contribution in [2.45, 2.75) is 0 Å². The van der Waals surface area contributed by atoms with Crippen LogP contribution in [0.5, 0.6) is 17.2 Å². The molecule has 2 N–H and O–H groups in total. The number of ether oxygens (including phenoxy) is 4. The molecule has 0 unspecified atom stereocenters. The number of cyclic esters (lactones) is 1. The first-order valence-corrected chi connectivity index (χ1v) is 8.75. The molecule has 2 aromatic carbocycles. The Morgan fingerprint density at radius 3 is 2.45 bits per heavy atom. The second kappa shape index (κ2) is 8.66. The number of hydrogen-bond donors (Lipinski definition) is 1. The van der Waals surface area contributed by atoms with Gasteiger partial charge in [-0.05, 0) is 35.9 Å². The highest BCUT2D eigenvalue weighted by Crippen LogP contribution is 2.39. The van der Waals surface area contributed by atoms with Crippen LogP contribution in [-0.4, -0.2) is 38.6 Å². The van der Waals surface area contributed by atoms with E-state index in [9.17, 15) is 9.59 Å². The summed E-state index contributed by atoms with van der Waals surface area (Å²) in [6.45, 7) is -0.342. The molecule has 0 saturated carbocycles. The van der Waals surface area contributed by atoms with Crippen LogP contribution in [0.1, 0.15) is 11.1 Å². The SMILES string of the molecule is COc1cc(C=C2N=C(c3ccccc3Cl)OC2=O)cc(OC)c1OCC(N)=O. The molecule has 0 atom stereocenters. The van der Waals surface area contributed by atoms with Crippen molar-refractivity contribution in [1.82, 2.24) is 0 Å². The molecule has 0 spiro atoms. The number of aliphatic imine (C=N–C) groups is 1. The molecule has 0 fully saturated rings. The highest BCUT2D eigenvalue weighted by atomic mass is 35.5. The van der Waals surface area contributed by atoms with E-state index in [1.165, 1.54) is 20.3 Å². The fraction of sp³-hybridized carbons (Fsp3) is 0.150. The number of benzene rings is 2. The molecule has 8 nitrogen and oxygen atoms in total. The van der Waals surface area contributed by atoms with Crippen LogP contribution < -0.4 is 19.9 Å². The number of amides is 1. The minimum absolute atomic E-state index is 0.0785. The van der Waals surface area contributed by atoms with Crippen molar-refractivity contribution in [1.29, 1.82) is 0 Å². The Morgan fingerprint density at radius 2 is 1.86 bits per heavy atom. The van der Waals surface area contributed by atoms with E-state index in [2.05, 4.69) is 4.99 Å². The van der Waals surface area contributed by atoms with Gasteiger partial charge in [0.2, 0.25) is 11.6 Å². The summed E-state index contributed by atoms with van der Waals surface area (Å²) in [5.74, 6) is -0.349. The molecule has 1 aliphatic heterocycles. The molecule has 0 bridgehead atoms. The molecule has 0 radical (unpaired) electrons. The van der Waals surface area contributed by atoms with Crippen LogP contribution in [0.15, 0.2) is 47.1 Å². The van der Waals surface area contributed by atoms with E-state index in [4.69, 9.17) is 36.3 Å². The van der Waals surface area contributed by atoms with Gasteiger partial charge in [0, 0.05) is 0 Å². The lowest BCUT2D eigenvalue weighted by Gasteiger charge is -2.14. The van der Waals surface area contributed by atoms with Crippen molar-refractivity contribution in [2.75, 3.05) is 20.8 Å². The fourth-order valence-corrected chi connectivity index (χ4v) is 2.80. The molecule has 150 valence electrons. The topological polar surface area (TPSA) is 109 Å². The number of carbonyl (C=O) groups excluding carboxylic acids is 2. The predicted octanol–water partition coefficient (Wildman–Crippen LogP) is 2.57. The zero-order chi connectivity index (χ0) is 21.0. The smallest absolute Gasteiger partial charge is 0.363 e. The molecular formula is C20H17ClN2O6. The Bertz CT molecular complexity index is 1010. The summed E-state index contributed by atoms with van der Waals surface area (Å²) in [5.41, 5.74) is 6.25. The van der Waals surface area contributed by atoms with Crippen molar-refractivity contribution >= 4 is 35.5 Å². The molecule has 0 aliphatic carbocycles. The summed E-state index contributed by atoms with van der Waals surface area (Å²) in [6, 6.07) is 10.1. The third-order valence-corrected chi connectivity index (χ3v) is 4.20. The minimum Gasteiger partial charge on any atom is -0.493 e. The third kappa shape index (κ3) is 4.49. The summed E-state index contributed by atoms with van der Waals surface area (Å²) in [7, 11) is 2.86. The van der Waals surface area contributed by atoms with E-state index in [1.54, 1.807) is 36.4 Å². The molecule has 1 heterocycles. The van der Waals surface area contributed by atoms with Crippen molar-refractivity contribution in [2.24, 2.45) is 10.7 Å². The van der Waals surface area contributed by atoms with Crippen LogP contribution in [0.25, 0.3) is 6.08 Å². The summed E-state index contributed by atoms with van der Waals surface area (Å²) in [6.07, 6.45) is 1.51. The van der Waals surface area contributed by atoms with Gasteiger partial charge in [-0.1, -0.05) is 23.7 Å². The first-order chi connectivity index (χ1) is 13.9. The maximum absolute atomic E-state index is 12.2. The van der Waals surface area contributed by atoms with Gasteiger partial charge < -0.3 is 24.7 Å². The van der Waals surface area contributed by atoms with Gasteiger partial charge in [-0.15, -0.1) is 0 Å². The lowest BCUT2D eigenvalue weighted by atomic mass is 10.1. The van der Waals surface area contributed by atoms with Gasteiger partial charge in [0.05, 0.1) is 24.8 Å². The second-order valence-corrected chi connectivity index (χ2v) is 6.23. The zero-order valence-corrected chi connectivity index (χ0v) is 16.4. The van der Waals surface area contributed by atoms with Crippen molar-refractivity contribution in [3.05, 3.63) is 58.2 Å². The highest BCUT2D eigenvalue weighted by molar-refractivity contribution is 6.34. The first-order valence-electron chi connectivity index (χ1n) is 8.37. The summed E-state index contributed by atoms with van der Waals surface area (Å²) < 4.78 is 21.2. The van der Waals surface area contributed by atoms with Crippen molar-refractivity contribution in [3.63, 3.8) is 0 Å². The van der Waals surface area contributed by atoms with Crippen LogP contribution in [0, 0.1) is 0 Å². The second-order valence-electron chi connectivity index (χ2n) is 5.83. The monoisotopic (exact) mass is 416 g/mol. The van der Waals surface area contributed by atoms with Crippen molar-refractivity contribution in [3.8, 4) is 17.2 Å². The number of primary amides is 1. The van der Waals surface area contributed by atoms with E-state index < -0.39 is 11.9 Å². The number of methoxy groups -OCH3 is 2. The molecule has 3 rings (SSSR count). The number of nitrogens with two attached hydrogens (primary N) is 1. The molecule has 9 heteroatoms. The Balaban J connectivity index is 1.98. The normalized spacial score (nSPS) is 14.4. The van der Waals surface area contributed by atoms with Crippen molar-refractivity contribution < 1.29 is 28.5 Å². The van der Waals surface area contributed by atoms with Crippen LogP contribution in [0.3, 0.4) is 0 Å².